The highest BCUT2D eigenvalue weighted by Crippen LogP contribution is 2.75. The molecule has 4 saturated carbocycles. The molecule has 4 bridgehead atoms. The second-order valence-corrected chi connectivity index (χ2v) is 8.05. The Morgan fingerprint density at radius 3 is 1.42 bits per heavy atom. The van der Waals surface area contributed by atoms with E-state index < -0.39 is 0 Å². The molecule has 0 radical (unpaired) electrons. The Morgan fingerprint density at radius 1 is 0.667 bits per heavy atom. The highest BCUT2D eigenvalue weighted by Gasteiger charge is 2.71. The average Bonchev–Trinajstić information content (AvgIpc) is 2.68. The Labute approximate surface area is 101 Å². The number of alkyl halides is 2. The van der Waals surface area contributed by atoms with Crippen molar-refractivity contribution in [2.45, 2.75) is 20.7 Å². The van der Waals surface area contributed by atoms with Gasteiger partial charge >= 0.3 is 0 Å². The Balaban J connectivity index is 1.92. The van der Waals surface area contributed by atoms with E-state index in [1.54, 1.807) is 12.8 Å². The van der Waals surface area contributed by atoms with Crippen LogP contribution in [0.4, 0.5) is 0 Å². The van der Waals surface area contributed by atoms with Crippen LogP contribution in [0.25, 0.3) is 0 Å². The van der Waals surface area contributed by atoms with E-state index in [1.807, 2.05) is 0 Å². The smallest absolute Gasteiger partial charge is 0.0175 e. The molecule has 4 aliphatic carbocycles. The standard InChI is InChI=1S/C10H12I2/c11-9-5-1-3-6-2-4(5)8(7(3)9)10(6)12/h3-10H,1-2H2/t3-,4+,5-,6-,7-,8+,9-,10+/m1/s1. The summed E-state index contributed by atoms with van der Waals surface area (Å²) in [5.74, 6) is 6.99. The van der Waals surface area contributed by atoms with E-state index in [1.165, 1.54) is 23.7 Å². The van der Waals surface area contributed by atoms with Gasteiger partial charge in [-0.25, -0.2) is 0 Å². The molecular formula is C10H12I2. The molecule has 0 unspecified atom stereocenters. The molecule has 0 aromatic rings. The molecule has 0 spiro atoms. The van der Waals surface area contributed by atoms with Gasteiger partial charge in [0, 0.05) is 7.85 Å². The maximum atomic E-state index is 2.77. The van der Waals surface area contributed by atoms with Gasteiger partial charge in [0.1, 0.15) is 0 Å². The molecular weight excluding hydrogens is 374 g/mol. The van der Waals surface area contributed by atoms with E-state index in [-0.39, 0.29) is 0 Å². The van der Waals surface area contributed by atoms with Gasteiger partial charge in [-0.3, -0.25) is 0 Å². The minimum absolute atomic E-state index is 1.08. The summed E-state index contributed by atoms with van der Waals surface area (Å²) >= 11 is 5.53. The van der Waals surface area contributed by atoms with Crippen LogP contribution in [-0.2, 0) is 0 Å². The molecule has 0 aromatic heterocycles. The lowest BCUT2D eigenvalue weighted by Crippen LogP contribution is -2.27. The topological polar surface area (TPSA) is 0 Å². The van der Waals surface area contributed by atoms with Crippen molar-refractivity contribution in [2.75, 3.05) is 0 Å². The van der Waals surface area contributed by atoms with Crippen molar-refractivity contribution >= 4 is 45.2 Å². The Morgan fingerprint density at radius 2 is 1.08 bits per heavy atom. The maximum Gasteiger partial charge on any atom is 0.0175 e. The van der Waals surface area contributed by atoms with Crippen LogP contribution in [0, 0.1) is 35.5 Å². The van der Waals surface area contributed by atoms with Crippen LogP contribution in [0.5, 0.6) is 0 Å². The first-order chi connectivity index (χ1) is 5.79. The lowest BCUT2D eigenvalue weighted by molar-refractivity contribution is 0.146. The van der Waals surface area contributed by atoms with E-state index >= 15 is 0 Å². The van der Waals surface area contributed by atoms with Crippen LogP contribution in [0.15, 0.2) is 0 Å². The third kappa shape index (κ3) is 0.607. The third-order valence-corrected chi connectivity index (χ3v) is 8.68. The minimum Gasteiger partial charge on any atom is -0.0820 e. The molecule has 4 rings (SSSR count). The fourth-order valence-corrected chi connectivity index (χ4v) is 8.66. The molecule has 4 fully saturated rings. The molecule has 0 nitrogen and oxygen atoms in total. The summed E-state index contributed by atoms with van der Waals surface area (Å²) in [6, 6.07) is 0. The summed E-state index contributed by atoms with van der Waals surface area (Å²) in [5, 5.41) is 0. The third-order valence-electron chi connectivity index (χ3n) is 5.18. The van der Waals surface area contributed by atoms with Gasteiger partial charge in [-0.1, -0.05) is 45.2 Å². The van der Waals surface area contributed by atoms with Crippen molar-refractivity contribution in [2.24, 2.45) is 35.5 Å². The van der Waals surface area contributed by atoms with Crippen LogP contribution < -0.4 is 0 Å². The molecule has 4 aliphatic rings. The zero-order valence-electron chi connectivity index (χ0n) is 6.79. The lowest BCUT2D eigenvalue weighted by Gasteiger charge is -2.33. The SMILES string of the molecule is I[C@@H]1[C@@H]2C[C@@H]3[C@H]4C[C@@H]2[C@H]([C@H]4I)[C@H]13. The van der Waals surface area contributed by atoms with Crippen LogP contribution >= 0.6 is 45.2 Å². The first-order valence-corrected chi connectivity index (χ1v) is 7.56. The lowest BCUT2D eigenvalue weighted by atomic mass is 9.71. The van der Waals surface area contributed by atoms with Gasteiger partial charge in [0.25, 0.3) is 0 Å². The summed E-state index contributed by atoms with van der Waals surface area (Å²) in [5.41, 5.74) is 0. The van der Waals surface area contributed by atoms with Crippen LogP contribution in [0.3, 0.4) is 0 Å². The van der Waals surface area contributed by atoms with Crippen molar-refractivity contribution < 1.29 is 0 Å². The summed E-state index contributed by atoms with van der Waals surface area (Å²) in [6.07, 6.45) is 3.23. The first kappa shape index (κ1) is 7.71. The number of hydrogen-bond acceptors (Lipinski definition) is 0. The fourth-order valence-electron chi connectivity index (χ4n) is 4.98. The summed E-state index contributed by atoms with van der Waals surface area (Å²) in [7, 11) is 0. The second-order valence-electron chi connectivity index (χ2n) is 5.17. The van der Waals surface area contributed by atoms with Gasteiger partial charge in [0.2, 0.25) is 0 Å². The highest BCUT2D eigenvalue weighted by molar-refractivity contribution is 14.1. The van der Waals surface area contributed by atoms with E-state index in [9.17, 15) is 0 Å². The summed E-state index contributed by atoms with van der Waals surface area (Å²) in [4.78, 5) is 0. The molecule has 0 N–H and O–H groups in total. The molecule has 0 aromatic carbocycles. The van der Waals surface area contributed by atoms with Crippen molar-refractivity contribution in [3.63, 3.8) is 0 Å². The summed E-state index contributed by atoms with van der Waals surface area (Å²) in [6.45, 7) is 0. The molecule has 0 saturated heterocycles. The maximum absolute atomic E-state index is 2.77. The van der Waals surface area contributed by atoms with Gasteiger partial charge in [-0.15, -0.1) is 0 Å². The molecule has 8 atom stereocenters. The van der Waals surface area contributed by atoms with Crippen LogP contribution in [0.1, 0.15) is 12.8 Å². The Bertz CT molecular complexity index is 226. The molecule has 0 amide bonds. The first-order valence-electron chi connectivity index (χ1n) is 5.07. The van der Waals surface area contributed by atoms with E-state index in [2.05, 4.69) is 45.2 Å². The van der Waals surface area contributed by atoms with Gasteiger partial charge in [0.05, 0.1) is 0 Å². The quantitative estimate of drug-likeness (QED) is 0.444. The predicted octanol–water partition coefficient (Wildman–Crippen LogP) is 3.13. The number of hydrogen-bond donors (Lipinski definition) is 0. The van der Waals surface area contributed by atoms with Crippen molar-refractivity contribution in [1.29, 1.82) is 0 Å². The van der Waals surface area contributed by atoms with Gasteiger partial charge in [0.15, 0.2) is 0 Å². The Kier molecular flexibility index (Phi) is 1.39. The molecule has 0 heterocycles. The molecule has 2 heteroatoms. The number of rotatable bonds is 0. The zero-order valence-corrected chi connectivity index (χ0v) is 11.1. The molecule has 0 aliphatic heterocycles. The van der Waals surface area contributed by atoms with Gasteiger partial charge < -0.3 is 0 Å². The monoisotopic (exact) mass is 386 g/mol. The average molecular weight is 386 g/mol. The number of fused-ring (bicyclic) bond motifs is 4. The van der Waals surface area contributed by atoms with Gasteiger partial charge in [-0.05, 0) is 48.3 Å². The van der Waals surface area contributed by atoms with Gasteiger partial charge in [-0.2, -0.15) is 0 Å². The summed E-state index contributed by atoms with van der Waals surface area (Å²) < 4.78 is 2.15. The second kappa shape index (κ2) is 2.17. The minimum atomic E-state index is 1.08. The van der Waals surface area contributed by atoms with Crippen LogP contribution in [0.2, 0.25) is 0 Å². The van der Waals surface area contributed by atoms with E-state index in [0.717, 1.165) is 19.7 Å². The Hall–Kier alpha value is 1.46. The molecule has 12 heavy (non-hydrogen) atoms. The van der Waals surface area contributed by atoms with Crippen LogP contribution in [-0.4, -0.2) is 7.85 Å². The van der Waals surface area contributed by atoms with E-state index in [4.69, 9.17) is 0 Å². The molecule has 66 valence electrons. The fraction of sp³-hybridized carbons (Fsp3) is 1.00. The van der Waals surface area contributed by atoms with E-state index in [0.29, 0.717) is 0 Å². The zero-order chi connectivity index (χ0) is 8.03. The normalized spacial score (nSPS) is 76.5. The van der Waals surface area contributed by atoms with Crippen molar-refractivity contribution in [3.05, 3.63) is 0 Å². The number of halogens is 2. The largest absolute Gasteiger partial charge is 0.0820 e. The van der Waals surface area contributed by atoms with Crippen molar-refractivity contribution in [3.8, 4) is 0 Å². The highest BCUT2D eigenvalue weighted by atomic mass is 127. The van der Waals surface area contributed by atoms with Crippen molar-refractivity contribution in [1.82, 2.24) is 0 Å². The predicted molar refractivity (Wildman–Crippen MR) is 65.8 cm³/mol.